The highest BCUT2D eigenvalue weighted by Gasteiger charge is 2.06. The summed E-state index contributed by atoms with van der Waals surface area (Å²) in [5, 5.41) is 5.48. The number of thioether (sulfide) groups is 1. The summed E-state index contributed by atoms with van der Waals surface area (Å²) in [6.45, 7) is 0. The second-order valence-electron chi connectivity index (χ2n) is 4.75. The molecule has 0 radical (unpaired) electrons. The third-order valence-electron chi connectivity index (χ3n) is 3.18. The molecule has 0 fully saturated rings. The molecular formula is C15H16N4S. The van der Waals surface area contributed by atoms with Gasteiger partial charge in [0, 0.05) is 25.3 Å². The van der Waals surface area contributed by atoms with Gasteiger partial charge in [-0.25, -0.2) is 9.50 Å². The first-order valence-electron chi connectivity index (χ1n) is 6.35. The lowest BCUT2D eigenvalue weighted by Crippen LogP contribution is -2.07. The molecule has 0 aliphatic rings. The number of fused-ring (bicyclic) bond motifs is 1. The first-order valence-corrected chi connectivity index (χ1v) is 7.58. The smallest absolute Gasteiger partial charge is 0.154 e. The van der Waals surface area contributed by atoms with Crippen LogP contribution in [0.5, 0.6) is 0 Å². The topological polar surface area (TPSA) is 33.4 Å². The standard InChI is InChI=1S/C15H16N4S/c1-18(2)12-6-4-11(5-7-12)13-10-19-14(16-13)8-9-15(17-19)20-3/h4-10H,1-3H3. The van der Waals surface area contributed by atoms with Gasteiger partial charge in [0.25, 0.3) is 0 Å². The molecule has 4 nitrogen and oxygen atoms in total. The molecule has 1 aromatic carbocycles. The van der Waals surface area contributed by atoms with Crippen molar-refractivity contribution in [3.63, 3.8) is 0 Å². The zero-order valence-corrected chi connectivity index (χ0v) is 12.6. The SMILES string of the molecule is CSc1ccc2nc(-c3ccc(N(C)C)cc3)cn2n1. The van der Waals surface area contributed by atoms with Crippen LogP contribution in [0.4, 0.5) is 5.69 Å². The number of anilines is 1. The summed E-state index contributed by atoms with van der Waals surface area (Å²) in [5.74, 6) is 0. The van der Waals surface area contributed by atoms with Crippen molar-refractivity contribution in [1.29, 1.82) is 0 Å². The van der Waals surface area contributed by atoms with E-state index in [9.17, 15) is 0 Å². The maximum atomic E-state index is 4.61. The number of hydrogen-bond donors (Lipinski definition) is 0. The summed E-state index contributed by atoms with van der Waals surface area (Å²) < 4.78 is 1.83. The van der Waals surface area contributed by atoms with Crippen molar-refractivity contribution in [3.8, 4) is 11.3 Å². The van der Waals surface area contributed by atoms with E-state index in [0.717, 1.165) is 21.9 Å². The molecular weight excluding hydrogens is 268 g/mol. The van der Waals surface area contributed by atoms with Crippen LogP contribution in [0.3, 0.4) is 0 Å². The molecule has 102 valence electrons. The minimum atomic E-state index is 0.870. The van der Waals surface area contributed by atoms with Crippen molar-refractivity contribution in [2.24, 2.45) is 0 Å². The monoisotopic (exact) mass is 284 g/mol. The fourth-order valence-electron chi connectivity index (χ4n) is 2.04. The minimum Gasteiger partial charge on any atom is -0.378 e. The van der Waals surface area contributed by atoms with E-state index in [1.165, 1.54) is 5.69 Å². The van der Waals surface area contributed by atoms with Crippen LogP contribution in [-0.2, 0) is 0 Å². The molecule has 0 aliphatic carbocycles. The Hall–Kier alpha value is -2.01. The van der Waals surface area contributed by atoms with E-state index in [0.29, 0.717) is 0 Å². The van der Waals surface area contributed by atoms with Crippen LogP contribution in [-0.4, -0.2) is 34.9 Å². The lowest BCUT2D eigenvalue weighted by Gasteiger charge is -2.11. The Bertz CT molecular complexity index is 731. The molecule has 0 saturated carbocycles. The maximum Gasteiger partial charge on any atom is 0.154 e. The molecule has 0 N–H and O–H groups in total. The molecule has 3 rings (SSSR count). The summed E-state index contributed by atoms with van der Waals surface area (Å²) in [7, 11) is 4.07. The van der Waals surface area contributed by atoms with Crippen LogP contribution in [0, 0.1) is 0 Å². The van der Waals surface area contributed by atoms with Gasteiger partial charge in [-0.1, -0.05) is 12.1 Å². The third-order valence-corrected chi connectivity index (χ3v) is 3.82. The van der Waals surface area contributed by atoms with Gasteiger partial charge >= 0.3 is 0 Å². The van der Waals surface area contributed by atoms with Gasteiger partial charge < -0.3 is 4.90 Å². The van der Waals surface area contributed by atoms with Crippen molar-refractivity contribution in [3.05, 3.63) is 42.6 Å². The van der Waals surface area contributed by atoms with Gasteiger partial charge in [-0.15, -0.1) is 11.8 Å². The summed E-state index contributed by atoms with van der Waals surface area (Å²) in [4.78, 5) is 6.69. The summed E-state index contributed by atoms with van der Waals surface area (Å²) in [5.41, 5.74) is 4.10. The van der Waals surface area contributed by atoms with Crippen LogP contribution in [0.25, 0.3) is 16.9 Å². The lowest BCUT2D eigenvalue weighted by molar-refractivity contribution is 0.860. The Morgan fingerprint density at radius 1 is 1.05 bits per heavy atom. The number of rotatable bonds is 3. The molecule has 0 saturated heterocycles. The van der Waals surface area contributed by atoms with Crippen LogP contribution in [0.2, 0.25) is 0 Å². The molecule has 2 heterocycles. The van der Waals surface area contributed by atoms with Crippen LogP contribution in [0.15, 0.2) is 47.6 Å². The zero-order valence-electron chi connectivity index (χ0n) is 11.7. The van der Waals surface area contributed by atoms with E-state index in [-0.39, 0.29) is 0 Å². The lowest BCUT2D eigenvalue weighted by atomic mass is 10.1. The van der Waals surface area contributed by atoms with Crippen LogP contribution < -0.4 is 4.90 Å². The largest absolute Gasteiger partial charge is 0.378 e. The molecule has 0 amide bonds. The predicted octanol–water partition coefficient (Wildman–Crippen LogP) is 3.18. The van der Waals surface area contributed by atoms with Gasteiger partial charge in [0.2, 0.25) is 0 Å². The minimum absolute atomic E-state index is 0.870. The highest BCUT2D eigenvalue weighted by molar-refractivity contribution is 7.98. The molecule has 0 unspecified atom stereocenters. The Morgan fingerprint density at radius 2 is 1.80 bits per heavy atom. The number of benzene rings is 1. The van der Waals surface area contributed by atoms with Gasteiger partial charge in [-0.3, -0.25) is 0 Å². The number of hydrogen-bond acceptors (Lipinski definition) is 4. The van der Waals surface area contributed by atoms with Gasteiger partial charge in [-0.2, -0.15) is 5.10 Å². The number of imidazole rings is 1. The normalized spacial score (nSPS) is 10.9. The van der Waals surface area contributed by atoms with E-state index in [2.05, 4.69) is 39.2 Å². The maximum absolute atomic E-state index is 4.61. The van der Waals surface area contributed by atoms with Gasteiger partial charge in [0.05, 0.1) is 11.9 Å². The van der Waals surface area contributed by atoms with Crippen molar-refractivity contribution < 1.29 is 0 Å². The first kappa shape index (κ1) is 13.0. The molecule has 3 aromatic rings. The van der Waals surface area contributed by atoms with E-state index >= 15 is 0 Å². The quantitative estimate of drug-likeness (QED) is 0.692. The summed E-state index contributed by atoms with van der Waals surface area (Å²) in [6, 6.07) is 12.4. The summed E-state index contributed by atoms with van der Waals surface area (Å²) >= 11 is 1.63. The Labute approximate surface area is 122 Å². The third kappa shape index (κ3) is 2.36. The average Bonchev–Trinajstić information content (AvgIpc) is 2.90. The second-order valence-corrected chi connectivity index (χ2v) is 5.57. The average molecular weight is 284 g/mol. The van der Waals surface area contributed by atoms with Gasteiger partial charge in [-0.05, 0) is 30.5 Å². The molecule has 0 bridgehead atoms. The van der Waals surface area contributed by atoms with E-state index in [1.54, 1.807) is 11.8 Å². The van der Waals surface area contributed by atoms with Gasteiger partial charge in [0.1, 0.15) is 5.03 Å². The Balaban J connectivity index is 2.01. The van der Waals surface area contributed by atoms with Crippen molar-refractivity contribution in [1.82, 2.24) is 14.6 Å². The van der Waals surface area contributed by atoms with E-state index in [4.69, 9.17) is 0 Å². The van der Waals surface area contributed by atoms with Crippen molar-refractivity contribution in [2.45, 2.75) is 5.03 Å². The first-order chi connectivity index (χ1) is 9.67. The molecule has 2 aromatic heterocycles. The van der Waals surface area contributed by atoms with E-state index in [1.807, 2.05) is 43.2 Å². The highest BCUT2D eigenvalue weighted by Crippen LogP contribution is 2.22. The summed E-state index contributed by atoms with van der Waals surface area (Å²) in [6.07, 6.45) is 3.99. The molecule has 5 heteroatoms. The number of nitrogens with zero attached hydrogens (tertiary/aromatic N) is 4. The Morgan fingerprint density at radius 3 is 2.45 bits per heavy atom. The Kier molecular flexibility index (Phi) is 3.36. The second kappa shape index (κ2) is 5.17. The predicted molar refractivity (Wildman–Crippen MR) is 84.5 cm³/mol. The van der Waals surface area contributed by atoms with Crippen molar-refractivity contribution in [2.75, 3.05) is 25.3 Å². The molecule has 20 heavy (non-hydrogen) atoms. The fraction of sp³-hybridized carbons (Fsp3) is 0.200. The van der Waals surface area contributed by atoms with E-state index < -0.39 is 0 Å². The fourth-order valence-corrected chi connectivity index (χ4v) is 2.42. The zero-order chi connectivity index (χ0) is 14.1. The molecule has 0 spiro atoms. The van der Waals surface area contributed by atoms with Crippen LogP contribution >= 0.6 is 11.8 Å². The van der Waals surface area contributed by atoms with Crippen molar-refractivity contribution >= 4 is 23.1 Å². The number of aromatic nitrogens is 3. The van der Waals surface area contributed by atoms with Gasteiger partial charge in [0.15, 0.2) is 5.65 Å². The van der Waals surface area contributed by atoms with Crippen LogP contribution in [0.1, 0.15) is 0 Å². The molecule has 0 atom stereocenters. The molecule has 0 aliphatic heterocycles. The highest BCUT2D eigenvalue weighted by atomic mass is 32.2.